The summed E-state index contributed by atoms with van der Waals surface area (Å²) in [6.45, 7) is 3.95. The maximum absolute atomic E-state index is 12.8. The second-order valence-corrected chi connectivity index (χ2v) is 8.90. The molecule has 1 aromatic carbocycles. The summed E-state index contributed by atoms with van der Waals surface area (Å²) in [5, 5.41) is 18.5. The number of nitrogens with two attached hydrogens (primary N) is 1. The molecule has 0 radical (unpaired) electrons. The Bertz CT molecular complexity index is 739. The number of carbonyl (C=O) groups is 3. The zero-order valence-electron chi connectivity index (χ0n) is 18.7. The average Bonchev–Trinajstić information content (AvgIpc) is 2.70. The number of rotatable bonds is 15. The van der Waals surface area contributed by atoms with Crippen LogP contribution in [-0.4, -0.2) is 33.9 Å². The van der Waals surface area contributed by atoms with Gasteiger partial charge >= 0.3 is 12.1 Å². The molecule has 0 saturated carbocycles. The number of nitrogens with zero attached hydrogens (tertiary/aromatic N) is 1. The van der Waals surface area contributed by atoms with E-state index in [1.807, 2.05) is 0 Å². The van der Waals surface area contributed by atoms with Gasteiger partial charge in [-0.2, -0.15) is 0 Å². The number of hydrogen-bond donors (Lipinski definition) is 3. The fraction of sp³-hybridized carbons (Fsp3) is 0.609. The van der Waals surface area contributed by atoms with Gasteiger partial charge < -0.3 is 15.9 Å². The molecule has 1 rings (SSSR count). The van der Waals surface area contributed by atoms with Crippen LogP contribution in [0.2, 0.25) is 0 Å². The minimum Gasteiger partial charge on any atom is -0.481 e. The van der Waals surface area contributed by atoms with Crippen molar-refractivity contribution in [3.05, 3.63) is 17.7 Å². The summed E-state index contributed by atoms with van der Waals surface area (Å²) >= 11 is 1.32. The van der Waals surface area contributed by atoms with Crippen molar-refractivity contribution in [1.82, 2.24) is 0 Å². The quantitative estimate of drug-likeness (QED) is 0.168. The van der Waals surface area contributed by atoms with Gasteiger partial charge in [-0.3, -0.25) is 9.59 Å². The monoisotopic (exact) mass is 452 g/mol. The molecule has 0 aromatic heterocycles. The number of aryl methyl sites for hydroxylation is 1. The Morgan fingerprint density at radius 2 is 1.55 bits per heavy atom. The summed E-state index contributed by atoms with van der Waals surface area (Å²) in [6.07, 6.45) is 8.00. The molecule has 0 bridgehead atoms. The van der Waals surface area contributed by atoms with Crippen molar-refractivity contribution < 1.29 is 24.6 Å². The van der Waals surface area contributed by atoms with Gasteiger partial charge in [-0.15, -0.1) is 11.8 Å². The van der Waals surface area contributed by atoms with Crippen molar-refractivity contribution in [1.29, 1.82) is 0 Å². The van der Waals surface area contributed by atoms with Gasteiger partial charge in [0.15, 0.2) is 0 Å². The van der Waals surface area contributed by atoms with Crippen LogP contribution in [0, 0.1) is 6.92 Å². The summed E-state index contributed by atoms with van der Waals surface area (Å²) in [7, 11) is 0. The van der Waals surface area contributed by atoms with Crippen LogP contribution in [0.4, 0.5) is 16.2 Å². The number of aliphatic carboxylic acids is 1. The first-order valence-electron chi connectivity index (χ1n) is 11.1. The molecule has 4 N–H and O–H groups in total. The highest BCUT2D eigenvalue weighted by molar-refractivity contribution is 7.99. The highest BCUT2D eigenvalue weighted by Crippen LogP contribution is 2.35. The number of hydrogen-bond acceptors (Lipinski definition) is 5. The molecule has 0 atom stereocenters. The van der Waals surface area contributed by atoms with Gasteiger partial charge in [-0.1, -0.05) is 51.9 Å². The van der Waals surface area contributed by atoms with E-state index in [-0.39, 0.29) is 12.8 Å². The lowest BCUT2D eigenvalue weighted by molar-refractivity contribution is -0.137. The summed E-state index contributed by atoms with van der Waals surface area (Å²) < 4.78 is 0. The summed E-state index contributed by atoms with van der Waals surface area (Å²) in [4.78, 5) is 36.8. The predicted molar refractivity (Wildman–Crippen MR) is 126 cm³/mol. The van der Waals surface area contributed by atoms with E-state index in [1.54, 1.807) is 19.1 Å². The summed E-state index contributed by atoms with van der Waals surface area (Å²) in [6, 6.07) is 3.28. The molecule has 0 heterocycles. The van der Waals surface area contributed by atoms with E-state index in [4.69, 9.17) is 10.8 Å². The minimum absolute atomic E-state index is 0.0314. The number of imide groups is 1. The van der Waals surface area contributed by atoms with E-state index in [1.165, 1.54) is 37.4 Å². The van der Waals surface area contributed by atoms with Crippen LogP contribution in [0.5, 0.6) is 0 Å². The van der Waals surface area contributed by atoms with Gasteiger partial charge in [-0.05, 0) is 43.2 Å². The third-order valence-corrected chi connectivity index (χ3v) is 6.20. The number of benzene rings is 1. The minimum atomic E-state index is -1.32. The molecule has 0 unspecified atom stereocenters. The Kier molecular flexibility index (Phi) is 12.7. The maximum Gasteiger partial charge on any atom is 0.418 e. The van der Waals surface area contributed by atoms with Crippen molar-refractivity contribution in [3.8, 4) is 0 Å². The van der Waals surface area contributed by atoms with Crippen LogP contribution in [0.1, 0.15) is 83.1 Å². The van der Waals surface area contributed by atoms with Crippen molar-refractivity contribution in [2.24, 2.45) is 0 Å². The van der Waals surface area contributed by atoms with Gasteiger partial charge in [-0.25, -0.2) is 9.69 Å². The Morgan fingerprint density at radius 1 is 0.935 bits per heavy atom. The summed E-state index contributed by atoms with van der Waals surface area (Å²) in [5.41, 5.74) is 7.48. The number of anilines is 2. The standard InChI is InChI=1S/C23H36N2O5S/c1-3-4-5-6-7-8-9-10-12-21(26)25(23(29)30)19-15-17(2)18(24)16-20(19)31-14-11-13-22(27)28/h15-16H,3-14,24H2,1-2H3,(H,27,28)(H,29,30). The molecular weight excluding hydrogens is 416 g/mol. The normalized spacial score (nSPS) is 10.8. The molecule has 0 spiro atoms. The predicted octanol–water partition coefficient (Wildman–Crippen LogP) is 6.08. The van der Waals surface area contributed by atoms with E-state index in [0.717, 1.165) is 24.2 Å². The third kappa shape index (κ3) is 10.1. The molecule has 8 heteroatoms. The highest BCUT2D eigenvalue weighted by Gasteiger charge is 2.25. The number of thioether (sulfide) groups is 1. The van der Waals surface area contributed by atoms with Crippen molar-refractivity contribution in [2.45, 2.75) is 89.4 Å². The van der Waals surface area contributed by atoms with Gasteiger partial charge in [0.05, 0.1) is 5.69 Å². The molecule has 1 aromatic rings. The van der Waals surface area contributed by atoms with Gasteiger partial charge in [0.1, 0.15) is 0 Å². The van der Waals surface area contributed by atoms with Crippen LogP contribution in [0.15, 0.2) is 17.0 Å². The van der Waals surface area contributed by atoms with Crippen molar-refractivity contribution in [2.75, 3.05) is 16.4 Å². The van der Waals surface area contributed by atoms with Crippen LogP contribution >= 0.6 is 11.8 Å². The van der Waals surface area contributed by atoms with Crippen molar-refractivity contribution >= 4 is 41.1 Å². The topological polar surface area (TPSA) is 121 Å². The van der Waals surface area contributed by atoms with E-state index >= 15 is 0 Å². The molecule has 0 aliphatic rings. The number of carboxylic acids is 1. The lowest BCUT2D eigenvalue weighted by Crippen LogP contribution is -2.36. The number of amides is 2. The molecular formula is C23H36N2O5S. The van der Waals surface area contributed by atoms with Gasteiger partial charge in [0.2, 0.25) is 5.91 Å². The van der Waals surface area contributed by atoms with Gasteiger partial charge in [0.25, 0.3) is 0 Å². The molecule has 2 amide bonds. The zero-order chi connectivity index (χ0) is 23.2. The first-order valence-corrected chi connectivity index (χ1v) is 12.1. The number of nitrogen functional groups attached to an aromatic ring is 1. The second kappa shape index (κ2) is 14.7. The smallest absolute Gasteiger partial charge is 0.418 e. The fourth-order valence-corrected chi connectivity index (χ4v) is 4.27. The van der Waals surface area contributed by atoms with Crippen LogP contribution in [-0.2, 0) is 9.59 Å². The van der Waals surface area contributed by atoms with Crippen LogP contribution in [0.25, 0.3) is 0 Å². The second-order valence-electron chi connectivity index (χ2n) is 7.76. The van der Waals surface area contributed by atoms with Gasteiger partial charge in [0, 0.05) is 23.4 Å². The average molecular weight is 453 g/mol. The molecule has 0 fully saturated rings. The van der Waals surface area contributed by atoms with E-state index in [0.29, 0.717) is 40.4 Å². The summed E-state index contributed by atoms with van der Waals surface area (Å²) in [5.74, 6) is -0.839. The maximum atomic E-state index is 12.8. The van der Waals surface area contributed by atoms with E-state index in [2.05, 4.69) is 6.92 Å². The van der Waals surface area contributed by atoms with E-state index < -0.39 is 18.0 Å². The highest BCUT2D eigenvalue weighted by atomic mass is 32.2. The molecule has 31 heavy (non-hydrogen) atoms. The number of carboxylic acid groups (broad SMARTS) is 2. The Balaban J connectivity index is 2.76. The first-order chi connectivity index (χ1) is 14.8. The fourth-order valence-electron chi connectivity index (χ4n) is 3.25. The van der Waals surface area contributed by atoms with Crippen molar-refractivity contribution in [3.63, 3.8) is 0 Å². The first kappa shape index (κ1) is 26.8. The molecule has 0 aliphatic heterocycles. The van der Waals surface area contributed by atoms with Crippen LogP contribution in [0.3, 0.4) is 0 Å². The molecule has 174 valence electrons. The molecule has 0 saturated heterocycles. The molecule has 7 nitrogen and oxygen atoms in total. The Morgan fingerprint density at radius 3 is 2.13 bits per heavy atom. The number of unbranched alkanes of at least 4 members (excludes halogenated alkanes) is 7. The Labute approximate surface area is 189 Å². The SMILES string of the molecule is CCCCCCCCCCC(=O)N(C(=O)O)c1cc(C)c(N)cc1SCCCC(=O)O. The molecule has 0 aliphatic carbocycles. The number of carbonyl (C=O) groups excluding carboxylic acids is 1. The lowest BCUT2D eigenvalue weighted by atomic mass is 10.1. The van der Waals surface area contributed by atoms with E-state index in [9.17, 15) is 19.5 Å². The Hall–Kier alpha value is -2.22. The largest absolute Gasteiger partial charge is 0.481 e. The lowest BCUT2D eigenvalue weighted by Gasteiger charge is -2.22. The van der Waals surface area contributed by atoms with Crippen LogP contribution < -0.4 is 10.6 Å². The zero-order valence-corrected chi connectivity index (χ0v) is 19.5. The third-order valence-electron chi connectivity index (χ3n) is 5.07.